The van der Waals surface area contributed by atoms with E-state index in [2.05, 4.69) is 4.98 Å². The number of aromatic nitrogens is 2. The van der Waals surface area contributed by atoms with Crippen LogP contribution in [0.2, 0.25) is 0 Å². The molecule has 1 amide bonds. The monoisotopic (exact) mass is 215 g/mol. The van der Waals surface area contributed by atoms with Crippen LogP contribution in [0, 0.1) is 0 Å². The molecule has 0 atom stereocenters. The molecule has 0 bridgehead atoms. The number of nitrogens with one attached hydrogen (secondary N) is 1. The zero-order chi connectivity index (χ0) is 11.4. The summed E-state index contributed by atoms with van der Waals surface area (Å²) in [5.74, 6) is -0.659. The van der Waals surface area contributed by atoms with Crippen molar-refractivity contribution in [1.29, 1.82) is 0 Å². The maximum atomic E-state index is 12.0. The number of nitrogens with zero attached hydrogens (tertiary/aromatic N) is 1. The summed E-state index contributed by atoms with van der Waals surface area (Å²) in [6, 6.07) is 1.06. The number of halogens is 1. The number of carbonyl (C=O) groups excluding carboxylic acids is 1. The second-order valence-electron chi connectivity index (χ2n) is 2.92. The fraction of sp³-hybridized carbons (Fsp3) is 0.375. The van der Waals surface area contributed by atoms with Crippen LogP contribution in [0.4, 0.5) is 4.39 Å². The average Bonchev–Trinajstić information content (AvgIpc) is 2.10. The third-order valence-corrected chi connectivity index (χ3v) is 1.75. The Morgan fingerprint density at radius 2 is 2.20 bits per heavy atom. The number of nitrogens with two attached hydrogens (primary N) is 1. The van der Waals surface area contributed by atoms with Crippen molar-refractivity contribution in [3.63, 3.8) is 0 Å². The zero-order valence-corrected chi connectivity index (χ0v) is 7.83. The van der Waals surface area contributed by atoms with Crippen LogP contribution >= 0.6 is 0 Å². The van der Waals surface area contributed by atoms with E-state index in [1.807, 2.05) is 0 Å². The first-order chi connectivity index (χ1) is 7.04. The number of H-pyrrole nitrogens is 1. The van der Waals surface area contributed by atoms with Gasteiger partial charge in [-0.05, 0) is 0 Å². The Kier molecular flexibility index (Phi) is 3.37. The third-order valence-electron chi connectivity index (χ3n) is 1.75. The average molecular weight is 215 g/mol. The summed E-state index contributed by atoms with van der Waals surface area (Å²) in [4.78, 5) is 35.3. The lowest BCUT2D eigenvalue weighted by Gasteiger charge is -2.02. The van der Waals surface area contributed by atoms with Crippen molar-refractivity contribution in [2.45, 2.75) is 13.0 Å². The Morgan fingerprint density at radius 3 is 2.67 bits per heavy atom. The number of rotatable bonds is 4. The smallest absolute Gasteiger partial charge is 0.328 e. The molecule has 3 N–H and O–H groups in total. The SMILES string of the molecule is NC(=O)Cc1cc(=O)n(CCF)c(=O)[nH]1. The molecule has 0 unspecified atom stereocenters. The van der Waals surface area contributed by atoms with Gasteiger partial charge in [-0.2, -0.15) is 0 Å². The second-order valence-corrected chi connectivity index (χ2v) is 2.92. The van der Waals surface area contributed by atoms with Gasteiger partial charge in [0.2, 0.25) is 5.91 Å². The van der Waals surface area contributed by atoms with Crippen LogP contribution in [0.5, 0.6) is 0 Å². The number of amides is 1. The van der Waals surface area contributed by atoms with Crippen molar-refractivity contribution < 1.29 is 9.18 Å². The molecule has 1 rings (SSSR count). The number of carbonyl (C=O) groups is 1. The van der Waals surface area contributed by atoms with Gasteiger partial charge in [-0.1, -0.05) is 0 Å². The first kappa shape index (κ1) is 11.2. The van der Waals surface area contributed by atoms with Gasteiger partial charge in [0.15, 0.2) is 0 Å². The Morgan fingerprint density at radius 1 is 1.53 bits per heavy atom. The van der Waals surface area contributed by atoms with Crippen LogP contribution in [0.25, 0.3) is 0 Å². The highest BCUT2D eigenvalue weighted by atomic mass is 19.1. The van der Waals surface area contributed by atoms with E-state index in [0.717, 1.165) is 6.07 Å². The molecule has 6 nitrogen and oxygen atoms in total. The van der Waals surface area contributed by atoms with Crippen molar-refractivity contribution in [3.05, 3.63) is 32.6 Å². The van der Waals surface area contributed by atoms with Crippen LogP contribution in [-0.4, -0.2) is 22.1 Å². The van der Waals surface area contributed by atoms with Gasteiger partial charge < -0.3 is 10.7 Å². The van der Waals surface area contributed by atoms with Crippen LogP contribution in [0.1, 0.15) is 5.69 Å². The van der Waals surface area contributed by atoms with Crippen molar-refractivity contribution in [3.8, 4) is 0 Å². The molecule has 0 aliphatic rings. The van der Waals surface area contributed by atoms with E-state index in [1.54, 1.807) is 0 Å². The fourth-order valence-corrected chi connectivity index (χ4v) is 1.15. The second kappa shape index (κ2) is 4.54. The van der Waals surface area contributed by atoms with Gasteiger partial charge in [-0.15, -0.1) is 0 Å². The molecule has 1 aromatic heterocycles. The first-order valence-corrected chi connectivity index (χ1v) is 4.22. The molecule has 15 heavy (non-hydrogen) atoms. The van der Waals surface area contributed by atoms with Gasteiger partial charge in [0, 0.05) is 11.8 Å². The van der Waals surface area contributed by atoms with E-state index in [9.17, 15) is 18.8 Å². The lowest BCUT2D eigenvalue weighted by Crippen LogP contribution is -2.36. The first-order valence-electron chi connectivity index (χ1n) is 4.22. The largest absolute Gasteiger partial charge is 0.369 e. The van der Waals surface area contributed by atoms with Crippen LogP contribution in [-0.2, 0) is 17.8 Å². The lowest BCUT2D eigenvalue weighted by atomic mass is 10.3. The molecule has 0 fully saturated rings. The van der Waals surface area contributed by atoms with Crippen molar-refractivity contribution in [2.75, 3.05) is 6.67 Å². The van der Waals surface area contributed by atoms with Crippen molar-refractivity contribution >= 4 is 5.91 Å². The summed E-state index contributed by atoms with van der Waals surface area (Å²) in [6.45, 7) is -1.11. The molecule has 0 aliphatic heterocycles. The third kappa shape index (κ3) is 2.76. The Bertz CT molecular complexity index is 446. The van der Waals surface area contributed by atoms with Gasteiger partial charge in [0.25, 0.3) is 5.56 Å². The van der Waals surface area contributed by atoms with Crippen LogP contribution in [0.15, 0.2) is 15.7 Å². The summed E-state index contributed by atoms with van der Waals surface area (Å²) < 4.78 is 12.7. The standard InChI is InChI=1S/C8H10FN3O3/c9-1-2-12-7(14)4-5(3-6(10)13)11-8(12)15/h4H,1-3H2,(H2,10,13)(H,11,15). The van der Waals surface area contributed by atoms with Crippen LogP contribution in [0.3, 0.4) is 0 Å². The highest BCUT2D eigenvalue weighted by Crippen LogP contribution is 1.87. The number of alkyl halides is 1. The molecule has 0 radical (unpaired) electrons. The topological polar surface area (TPSA) is 97.9 Å². The molecule has 0 aliphatic carbocycles. The summed E-state index contributed by atoms with van der Waals surface area (Å²) in [6.07, 6.45) is -0.221. The van der Waals surface area contributed by atoms with E-state index < -0.39 is 23.8 Å². The maximum absolute atomic E-state index is 12.0. The minimum Gasteiger partial charge on any atom is -0.369 e. The molecule has 82 valence electrons. The summed E-state index contributed by atoms with van der Waals surface area (Å²) in [5, 5.41) is 0. The zero-order valence-electron chi connectivity index (χ0n) is 7.83. The van der Waals surface area contributed by atoms with E-state index in [0.29, 0.717) is 4.57 Å². The number of hydrogen-bond donors (Lipinski definition) is 2. The summed E-state index contributed by atoms with van der Waals surface area (Å²) in [5.41, 5.74) is 3.64. The molecule has 0 aromatic carbocycles. The Balaban J connectivity index is 3.14. The van der Waals surface area contributed by atoms with Gasteiger partial charge in [0.1, 0.15) is 6.67 Å². The van der Waals surface area contributed by atoms with E-state index in [-0.39, 0.29) is 18.7 Å². The number of aromatic amines is 1. The maximum Gasteiger partial charge on any atom is 0.328 e. The summed E-state index contributed by atoms with van der Waals surface area (Å²) in [7, 11) is 0. The molecule has 0 saturated heterocycles. The van der Waals surface area contributed by atoms with E-state index in [4.69, 9.17) is 5.73 Å². The number of primary amides is 1. The van der Waals surface area contributed by atoms with E-state index in [1.165, 1.54) is 0 Å². The van der Waals surface area contributed by atoms with E-state index >= 15 is 0 Å². The van der Waals surface area contributed by atoms with Crippen LogP contribution < -0.4 is 17.0 Å². The minimum absolute atomic E-state index is 0.132. The summed E-state index contributed by atoms with van der Waals surface area (Å²) >= 11 is 0. The number of hydrogen-bond acceptors (Lipinski definition) is 3. The predicted octanol–water partition coefficient (Wildman–Crippen LogP) is -1.47. The Labute approximate surface area is 83.5 Å². The Hall–Kier alpha value is -1.92. The van der Waals surface area contributed by atoms with Crippen molar-refractivity contribution in [1.82, 2.24) is 9.55 Å². The van der Waals surface area contributed by atoms with Gasteiger partial charge in [0.05, 0.1) is 13.0 Å². The molecule has 7 heteroatoms. The highest BCUT2D eigenvalue weighted by Gasteiger charge is 2.05. The van der Waals surface area contributed by atoms with Gasteiger partial charge in [-0.3, -0.25) is 14.2 Å². The molecule has 0 saturated carbocycles. The lowest BCUT2D eigenvalue weighted by molar-refractivity contribution is -0.117. The van der Waals surface area contributed by atoms with Gasteiger partial charge >= 0.3 is 5.69 Å². The minimum atomic E-state index is -0.807. The van der Waals surface area contributed by atoms with Gasteiger partial charge in [-0.25, -0.2) is 9.18 Å². The quantitative estimate of drug-likeness (QED) is 0.641. The molecule has 1 aromatic rings. The highest BCUT2D eigenvalue weighted by molar-refractivity contribution is 5.75. The normalized spacial score (nSPS) is 10.2. The molecule has 1 heterocycles. The molecular formula is C8H10FN3O3. The molecular weight excluding hydrogens is 205 g/mol. The fourth-order valence-electron chi connectivity index (χ4n) is 1.15. The predicted molar refractivity (Wildman–Crippen MR) is 50.2 cm³/mol. The van der Waals surface area contributed by atoms with Crippen molar-refractivity contribution in [2.24, 2.45) is 5.73 Å². The molecule has 0 spiro atoms.